The fraction of sp³-hybridized carbons (Fsp3) is 1.00. The second-order valence-corrected chi connectivity index (χ2v) is 13.9. The molecule has 0 aromatic carbocycles. The van der Waals surface area contributed by atoms with Gasteiger partial charge in [0.15, 0.2) is 0 Å². The molecule has 0 aromatic heterocycles. The summed E-state index contributed by atoms with van der Waals surface area (Å²) in [5, 5.41) is 0. The molecule has 15 heavy (non-hydrogen) atoms. The first kappa shape index (κ1) is 15.9. The molecule has 0 unspecified atom stereocenters. The van der Waals surface area contributed by atoms with E-state index in [2.05, 4.69) is 20.8 Å². The third-order valence-electron chi connectivity index (χ3n) is 2.44. The number of hydrogen-bond acceptors (Lipinski definition) is 2. The van der Waals surface area contributed by atoms with Crippen molar-refractivity contribution in [2.75, 3.05) is 0 Å². The fourth-order valence-corrected chi connectivity index (χ4v) is 8.82. The number of nitrogens with zero attached hydrogens (tertiary/aromatic N) is 2. The summed E-state index contributed by atoms with van der Waals surface area (Å²) in [6.45, 7) is 12.4. The maximum atomic E-state index is 6.28. The van der Waals surface area contributed by atoms with Gasteiger partial charge in [0, 0.05) is 0 Å². The van der Waals surface area contributed by atoms with Crippen LogP contribution in [0.4, 0.5) is 0 Å². The zero-order valence-corrected chi connectivity index (χ0v) is 14.0. The van der Waals surface area contributed by atoms with E-state index in [1.807, 2.05) is 27.7 Å². The molecule has 0 fully saturated rings. The minimum atomic E-state index is -3.37. The Hall–Kier alpha value is 0.868. The monoisotopic (exact) mass is 338 g/mol. The average Bonchev–Trinajstić information content (AvgIpc) is 2.00. The summed E-state index contributed by atoms with van der Waals surface area (Å²) < 4.78 is 9.09. The molecular weight excluding hydrogens is 315 g/mol. The van der Waals surface area contributed by atoms with Gasteiger partial charge in [-0.3, -0.25) is 0 Å². The van der Waals surface area contributed by atoms with Crippen molar-refractivity contribution in [1.82, 2.24) is 0 Å². The van der Waals surface area contributed by atoms with E-state index in [-0.39, 0.29) is 11.1 Å². The maximum absolute atomic E-state index is 6.28. The van der Waals surface area contributed by atoms with Crippen molar-refractivity contribution in [2.45, 2.75) is 65.5 Å². The van der Waals surface area contributed by atoms with Crippen LogP contribution in [0, 0.1) is 0 Å². The molecule has 0 N–H and O–H groups in total. The van der Waals surface area contributed by atoms with Crippen molar-refractivity contribution >= 4 is 18.8 Å². The first-order valence-corrected chi connectivity index (χ1v) is 12.2. The van der Waals surface area contributed by atoms with Gasteiger partial charge in [-0.25, -0.2) is 0 Å². The Balaban J connectivity index is 5.31. The van der Waals surface area contributed by atoms with Crippen LogP contribution in [-0.2, 0) is 13.6 Å². The van der Waals surface area contributed by atoms with E-state index >= 15 is 0 Å². The second kappa shape index (κ2) is 5.47. The Morgan fingerprint density at radius 1 is 0.867 bits per heavy atom. The molecule has 0 heterocycles. The zero-order chi connectivity index (χ0) is 12.3. The van der Waals surface area contributed by atoms with E-state index < -0.39 is 13.6 Å². The van der Waals surface area contributed by atoms with Crippen LogP contribution in [0.15, 0.2) is 6.99 Å². The van der Waals surface area contributed by atoms with Gasteiger partial charge in [-0.2, -0.15) is 0 Å². The molecule has 0 amide bonds. The van der Waals surface area contributed by atoms with Gasteiger partial charge in [-0.15, -0.1) is 0 Å². The van der Waals surface area contributed by atoms with Crippen LogP contribution in [0.3, 0.4) is 0 Å². The van der Waals surface area contributed by atoms with Gasteiger partial charge < -0.3 is 0 Å². The molecule has 5 heteroatoms. The van der Waals surface area contributed by atoms with Gasteiger partial charge in [0.05, 0.1) is 0 Å². The molecule has 0 spiro atoms. The van der Waals surface area contributed by atoms with Gasteiger partial charge >= 0.3 is 105 Å². The van der Waals surface area contributed by atoms with Crippen LogP contribution in [0.5, 0.6) is 0 Å². The van der Waals surface area contributed by atoms with E-state index in [1.54, 1.807) is 0 Å². The molecule has 0 atom stereocenters. The molecule has 2 nitrogen and oxygen atoms in total. The van der Waals surface area contributed by atoms with Gasteiger partial charge in [-0.1, -0.05) is 0 Å². The summed E-state index contributed by atoms with van der Waals surface area (Å²) in [5.74, 6) is 0. The predicted molar refractivity (Wildman–Crippen MR) is 65.3 cm³/mol. The Morgan fingerprint density at radius 2 is 1.13 bits per heavy atom. The van der Waals surface area contributed by atoms with E-state index in [0.717, 1.165) is 12.8 Å². The number of rotatable bonds is 4. The third kappa shape index (κ3) is 6.92. The number of hydrogen-bond donors (Lipinski definition) is 0. The molecule has 0 aliphatic heterocycles. The van der Waals surface area contributed by atoms with Crippen LogP contribution in [0.25, 0.3) is 0 Å². The Kier molecular flexibility index (Phi) is 5.78. The van der Waals surface area contributed by atoms with Gasteiger partial charge in [0.25, 0.3) is 0 Å². The zero-order valence-electron chi connectivity index (χ0n) is 10.5. The molecule has 0 bridgehead atoms. The number of halogens is 2. The van der Waals surface area contributed by atoms with Crippen LogP contribution in [0.2, 0.25) is 0 Å². The quantitative estimate of drug-likeness (QED) is 0.631. The van der Waals surface area contributed by atoms with E-state index in [4.69, 9.17) is 18.8 Å². The molecule has 0 aliphatic rings. The predicted octanol–water partition coefficient (Wildman–Crippen LogP) is 5.19. The minimum absolute atomic E-state index is 0.155. The van der Waals surface area contributed by atoms with E-state index in [9.17, 15) is 0 Å². The Labute approximate surface area is 104 Å². The van der Waals surface area contributed by atoms with Crippen molar-refractivity contribution in [3.8, 4) is 0 Å². The summed E-state index contributed by atoms with van der Waals surface area (Å²) >= 11 is -3.37. The van der Waals surface area contributed by atoms with Gasteiger partial charge in [0.1, 0.15) is 0 Å². The first-order chi connectivity index (χ1) is 6.54. The SMILES string of the molecule is CCC(C)(C)[N]=[Mo]([Cl])([Cl])=[N]C(C)(C)CC. The average molecular weight is 337 g/mol. The normalized spacial score (nSPS) is 13.9. The van der Waals surface area contributed by atoms with Crippen molar-refractivity contribution in [3.05, 3.63) is 0 Å². The topological polar surface area (TPSA) is 24.7 Å². The third-order valence-corrected chi connectivity index (χ3v) is 7.59. The molecule has 0 aliphatic carbocycles. The van der Waals surface area contributed by atoms with Crippen molar-refractivity contribution in [1.29, 1.82) is 0 Å². The van der Waals surface area contributed by atoms with Crippen molar-refractivity contribution < 1.29 is 13.6 Å². The first-order valence-electron chi connectivity index (χ1n) is 5.24. The fourth-order valence-electron chi connectivity index (χ4n) is 0.744. The van der Waals surface area contributed by atoms with Crippen molar-refractivity contribution in [2.24, 2.45) is 6.99 Å². The van der Waals surface area contributed by atoms with Crippen LogP contribution in [-0.4, -0.2) is 11.1 Å². The van der Waals surface area contributed by atoms with E-state index in [0.29, 0.717) is 0 Å². The van der Waals surface area contributed by atoms with Crippen LogP contribution in [0.1, 0.15) is 54.4 Å². The summed E-state index contributed by atoms with van der Waals surface area (Å²) in [5.41, 5.74) is -0.310. The Morgan fingerprint density at radius 3 is 1.33 bits per heavy atom. The molecular formula is C10H22Cl2MoN2. The van der Waals surface area contributed by atoms with Crippen LogP contribution >= 0.6 is 18.8 Å². The molecule has 92 valence electrons. The van der Waals surface area contributed by atoms with Crippen LogP contribution < -0.4 is 0 Å². The second-order valence-electron chi connectivity index (χ2n) is 4.93. The van der Waals surface area contributed by atoms with E-state index in [1.165, 1.54) is 0 Å². The molecule has 0 saturated carbocycles. The molecule has 0 rings (SSSR count). The summed E-state index contributed by atoms with van der Waals surface area (Å²) in [4.78, 5) is 0. The summed E-state index contributed by atoms with van der Waals surface area (Å²) in [6, 6.07) is 0. The molecule has 0 saturated heterocycles. The standard InChI is InChI=1S/2C5H11N.2ClH.Mo/c2*1-4-5(2,3)6;;;/h2*4H2,1-3H3;2*1H;/q;;;;+2/p-2. The Bertz CT molecular complexity index is 290. The van der Waals surface area contributed by atoms with Gasteiger partial charge in [0.2, 0.25) is 0 Å². The molecule has 0 radical (unpaired) electrons. The van der Waals surface area contributed by atoms with Crippen molar-refractivity contribution in [3.63, 3.8) is 0 Å². The summed E-state index contributed by atoms with van der Waals surface area (Å²) in [6.07, 6.45) is 1.87. The molecule has 0 aromatic rings. The van der Waals surface area contributed by atoms with Gasteiger partial charge in [-0.05, 0) is 0 Å². The summed E-state index contributed by atoms with van der Waals surface area (Å²) in [7, 11) is 12.6.